The highest BCUT2D eigenvalue weighted by Crippen LogP contribution is 2.24. The van der Waals surface area contributed by atoms with E-state index in [0.717, 1.165) is 12.1 Å². The molecule has 0 radical (unpaired) electrons. The Balaban J connectivity index is 2.47. The van der Waals surface area contributed by atoms with Gasteiger partial charge in [-0.3, -0.25) is 4.79 Å². The normalized spacial score (nSPS) is 12.5. The molecule has 0 saturated heterocycles. The van der Waals surface area contributed by atoms with E-state index in [2.05, 4.69) is 5.32 Å². The Morgan fingerprint density at radius 3 is 2.55 bits per heavy atom. The van der Waals surface area contributed by atoms with Crippen molar-refractivity contribution < 1.29 is 23.5 Å². The number of nitrogens with one attached hydrogen (secondary N) is 1. The van der Waals surface area contributed by atoms with Gasteiger partial charge in [0, 0.05) is 5.54 Å². The zero-order valence-electron chi connectivity index (χ0n) is 12.9. The van der Waals surface area contributed by atoms with Gasteiger partial charge in [-0.1, -0.05) is 11.6 Å². The van der Waals surface area contributed by atoms with Crippen molar-refractivity contribution in [3.8, 4) is 5.75 Å². The van der Waals surface area contributed by atoms with E-state index in [4.69, 9.17) is 21.1 Å². The van der Waals surface area contributed by atoms with Crippen LogP contribution in [0.4, 0.5) is 4.39 Å². The molecule has 0 heterocycles. The number of carbonyl (C=O) groups is 2. The van der Waals surface area contributed by atoms with E-state index in [9.17, 15) is 14.0 Å². The molecule has 0 aliphatic carbocycles. The van der Waals surface area contributed by atoms with Crippen molar-refractivity contribution in [3.05, 3.63) is 29.0 Å². The summed E-state index contributed by atoms with van der Waals surface area (Å²) in [7, 11) is 0. The predicted molar refractivity (Wildman–Crippen MR) is 80.4 cm³/mol. The van der Waals surface area contributed by atoms with E-state index < -0.39 is 35.9 Å². The first kappa shape index (κ1) is 18.2. The van der Waals surface area contributed by atoms with Crippen molar-refractivity contribution >= 4 is 23.5 Å². The van der Waals surface area contributed by atoms with Crippen molar-refractivity contribution in [1.29, 1.82) is 0 Å². The average molecular weight is 332 g/mol. The van der Waals surface area contributed by atoms with Gasteiger partial charge in [0.1, 0.15) is 11.6 Å². The van der Waals surface area contributed by atoms with Crippen molar-refractivity contribution in [2.24, 2.45) is 0 Å². The van der Waals surface area contributed by atoms with Crippen LogP contribution in [-0.4, -0.2) is 30.1 Å². The SMILES string of the molecule is C[C@H](OC(=O)COc1ccc(F)cc1Cl)C(=O)NC(C)(C)C. The molecule has 0 aliphatic heterocycles. The van der Waals surface area contributed by atoms with Gasteiger partial charge in [-0.15, -0.1) is 0 Å². The second-order valence-electron chi connectivity index (χ2n) is 5.73. The molecule has 1 atom stereocenters. The van der Waals surface area contributed by atoms with Gasteiger partial charge in [-0.2, -0.15) is 0 Å². The summed E-state index contributed by atoms with van der Waals surface area (Å²) >= 11 is 5.76. The summed E-state index contributed by atoms with van der Waals surface area (Å²) in [5, 5.41) is 2.74. The maximum atomic E-state index is 12.9. The smallest absolute Gasteiger partial charge is 0.344 e. The summed E-state index contributed by atoms with van der Waals surface area (Å²) < 4.78 is 22.9. The summed E-state index contributed by atoms with van der Waals surface area (Å²) in [6.07, 6.45) is -0.945. The summed E-state index contributed by atoms with van der Waals surface area (Å²) in [5.41, 5.74) is -0.421. The van der Waals surface area contributed by atoms with Gasteiger partial charge in [0.25, 0.3) is 5.91 Å². The molecule has 1 rings (SSSR count). The summed E-state index contributed by atoms with van der Waals surface area (Å²) in [4.78, 5) is 23.4. The van der Waals surface area contributed by atoms with E-state index in [1.807, 2.05) is 20.8 Å². The van der Waals surface area contributed by atoms with Crippen molar-refractivity contribution in [1.82, 2.24) is 5.32 Å². The van der Waals surface area contributed by atoms with Crippen LogP contribution in [0.2, 0.25) is 5.02 Å². The molecule has 122 valence electrons. The first-order chi connectivity index (χ1) is 10.1. The fourth-order valence-electron chi connectivity index (χ4n) is 1.48. The number of rotatable bonds is 5. The number of carbonyl (C=O) groups excluding carboxylic acids is 2. The van der Waals surface area contributed by atoms with E-state index >= 15 is 0 Å². The van der Waals surface area contributed by atoms with Crippen LogP contribution in [0.3, 0.4) is 0 Å². The lowest BCUT2D eigenvalue weighted by atomic mass is 10.1. The lowest BCUT2D eigenvalue weighted by molar-refractivity contribution is -0.157. The van der Waals surface area contributed by atoms with Gasteiger partial charge >= 0.3 is 5.97 Å². The van der Waals surface area contributed by atoms with Gasteiger partial charge in [0.05, 0.1) is 5.02 Å². The highest BCUT2D eigenvalue weighted by atomic mass is 35.5. The molecule has 22 heavy (non-hydrogen) atoms. The third-order valence-electron chi connectivity index (χ3n) is 2.42. The van der Waals surface area contributed by atoms with Crippen molar-refractivity contribution in [3.63, 3.8) is 0 Å². The largest absolute Gasteiger partial charge is 0.480 e. The third-order valence-corrected chi connectivity index (χ3v) is 2.71. The number of ether oxygens (including phenoxy) is 2. The molecule has 0 fully saturated rings. The fourth-order valence-corrected chi connectivity index (χ4v) is 1.71. The highest BCUT2D eigenvalue weighted by molar-refractivity contribution is 6.32. The molecule has 0 unspecified atom stereocenters. The molecule has 0 spiro atoms. The Hall–Kier alpha value is -1.82. The second kappa shape index (κ2) is 7.45. The van der Waals surface area contributed by atoms with E-state index in [1.54, 1.807) is 0 Å². The fraction of sp³-hybridized carbons (Fsp3) is 0.467. The van der Waals surface area contributed by atoms with Crippen molar-refractivity contribution in [2.45, 2.75) is 39.3 Å². The maximum Gasteiger partial charge on any atom is 0.344 e. The summed E-state index contributed by atoms with van der Waals surface area (Å²) in [6.45, 7) is 6.49. The van der Waals surface area contributed by atoms with Gasteiger partial charge in [0.2, 0.25) is 0 Å². The van der Waals surface area contributed by atoms with E-state index in [1.165, 1.54) is 13.0 Å². The molecule has 1 amide bonds. The van der Waals surface area contributed by atoms with Crippen LogP contribution in [0.1, 0.15) is 27.7 Å². The lowest BCUT2D eigenvalue weighted by Crippen LogP contribution is -2.46. The Morgan fingerprint density at radius 2 is 2.00 bits per heavy atom. The number of hydrogen-bond acceptors (Lipinski definition) is 4. The number of halogens is 2. The summed E-state index contributed by atoms with van der Waals surface area (Å²) in [5.74, 6) is -1.48. The van der Waals surface area contributed by atoms with E-state index in [-0.39, 0.29) is 10.8 Å². The molecular formula is C15H19ClFNO4. The Labute approximate surface area is 133 Å². The minimum atomic E-state index is -0.945. The molecule has 7 heteroatoms. The van der Waals surface area contributed by atoms with Gasteiger partial charge in [0.15, 0.2) is 12.7 Å². The molecule has 0 aromatic heterocycles. The Bertz CT molecular complexity index is 557. The van der Waals surface area contributed by atoms with Gasteiger partial charge < -0.3 is 14.8 Å². The van der Waals surface area contributed by atoms with Crippen molar-refractivity contribution in [2.75, 3.05) is 6.61 Å². The van der Waals surface area contributed by atoms with Crippen LogP contribution in [0.5, 0.6) is 5.75 Å². The minimum Gasteiger partial charge on any atom is -0.480 e. The lowest BCUT2D eigenvalue weighted by Gasteiger charge is -2.23. The molecule has 1 aromatic rings. The first-order valence-electron chi connectivity index (χ1n) is 6.68. The van der Waals surface area contributed by atoms with Crippen LogP contribution in [0.25, 0.3) is 0 Å². The molecule has 5 nitrogen and oxygen atoms in total. The molecule has 1 N–H and O–H groups in total. The Kier molecular flexibility index (Phi) is 6.17. The number of amides is 1. The average Bonchev–Trinajstić information content (AvgIpc) is 2.35. The second-order valence-corrected chi connectivity index (χ2v) is 6.14. The molecule has 0 saturated carbocycles. The number of hydrogen-bond donors (Lipinski definition) is 1. The maximum absolute atomic E-state index is 12.9. The minimum absolute atomic E-state index is 0.0475. The van der Waals surface area contributed by atoms with Crippen LogP contribution in [-0.2, 0) is 14.3 Å². The van der Waals surface area contributed by atoms with Gasteiger partial charge in [-0.25, -0.2) is 9.18 Å². The molecule has 0 aliphatic rings. The number of esters is 1. The predicted octanol–water partition coefficient (Wildman–Crippen LogP) is 2.70. The van der Waals surface area contributed by atoms with Crippen LogP contribution in [0, 0.1) is 5.82 Å². The van der Waals surface area contributed by atoms with Crippen LogP contribution >= 0.6 is 11.6 Å². The first-order valence-corrected chi connectivity index (χ1v) is 7.05. The molecular weight excluding hydrogens is 313 g/mol. The zero-order chi connectivity index (χ0) is 16.9. The summed E-state index contributed by atoms with van der Waals surface area (Å²) in [6, 6.07) is 3.54. The van der Waals surface area contributed by atoms with Gasteiger partial charge in [-0.05, 0) is 45.9 Å². The Morgan fingerprint density at radius 1 is 1.36 bits per heavy atom. The highest BCUT2D eigenvalue weighted by Gasteiger charge is 2.22. The monoisotopic (exact) mass is 331 g/mol. The van der Waals surface area contributed by atoms with E-state index in [0.29, 0.717) is 0 Å². The number of benzene rings is 1. The quantitative estimate of drug-likeness (QED) is 0.843. The standard InChI is InChI=1S/C15H19ClFNO4/c1-9(14(20)18-15(2,3)4)22-13(19)8-21-12-6-5-10(17)7-11(12)16/h5-7,9H,8H2,1-4H3,(H,18,20)/t9-/m0/s1. The topological polar surface area (TPSA) is 64.6 Å². The molecule has 1 aromatic carbocycles. The zero-order valence-corrected chi connectivity index (χ0v) is 13.7. The third kappa shape index (κ3) is 6.30. The van der Waals surface area contributed by atoms with Crippen LogP contribution in [0.15, 0.2) is 18.2 Å². The van der Waals surface area contributed by atoms with Crippen LogP contribution < -0.4 is 10.1 Å². The molecule has 0 bridgehead atoms.